The number of carbonyl (C=O) groups excluding carboxylic acids is 1. The third-order valence-corrected chi connectivity index (χ3v) is 7.47. The molecule has 2 fully saturated rings. The van der Waals surface area contributed by atoms with E-state index in [4.69, 9.17) is 0 Å². The van der Waals surface area contributed by atoms with Crippen LogP contribution in [-0.4, -0.2) is 49.4 Å². The maximum atomic E-state index is 13.2. The molecule has 0 aliphatic carbocycles. The Morgan fingerprint density at radius 2 is 1.68 bits per heavy atom. The fraction of sp³-hybridized carbons (Fsp3) is 0.381. The molecule has 2 aromatic carbocycles. The Morgan fingerprint density at radius 3 is 2.36 bits per heavy atom. The third kappa shape index (κ3) is 3.56. The van der Waals surface area contributed by atoms with Crippen molar-refractivity contribution in [1.82, 2.24) is 4.90 Å². The minimum Gasteiger partial charge on any atom is -0.306 e. The number of anilines is 1. The summed E-state index contributed by atoms with van der Waals surface area (Å²) in [5, 5.41) is 0. The number of halogens is 1. The van der Waals surface area contributed by atoms with Gasteiger partial charge < -0.3 is 4.90 Å². The number of hydrogen-bond acceptors (Lipinski definition) is 4. The van der Waals surface area contributed by atoms with E-state index >= 15 is 0 Å². The molecule has 2 aliphatic heterocycles. The van der Waals surface area contributed by atoms with E-state index in [1.54, 1.807) is 17.0 Å². The molecule has 0 aromatic heterocycles. The predicted octanol–water partition coefficient (Wildman–Crippen LogP) is 2.46. The van der Waals surface area contributed by atoms with E-state index in [0.29, 0.717) is 6.54 Å². The van der Waals surface area contributed by atoms with Gasteiger partial charge in [0, 0.05) is 18.3 Å². The lowest BCUT2D eigenvalue weighted by molar-refractivity contribution is -0.123. The van der Waals surface area contributed by atoms with Gasteiger partial charge in [-0.1, -0.05) is 18.2 Å². The van der Waals surface area contributed by atoms with E-state index < -0.39 is 15.9 Å². The lowest BCUT2D eigenvalue weighted by Gasteiger charge is -2.43. The molecule has 0 unspecified atom stereocenters. The number of fused-ring (bicyclic) bond motifs is 1. The summed E-state index contributed by atoms with van der Waals surface area (Å²) in [7, 11) is -3.24. The second-order valence-electron chi connectivity index (χ2n) is 7.78. The zero-order valence-corrected chi connectivity index (χ0v) is 16.7. The summed E-state index contributed by atoms with van der Waals surface area (Å²) in [4.78, 5) is 16.6. The second-order valence-corrected chi connectivity index (χ2v) is 9.93. The van der Waals surface area contributed by atoms with Gasteiger partial charge >= 0.3 is 0 Å². The molecule has 2 saturated heterocycles. The average molecular weight is 402 g/mol. The summed E-state index contributed by atoms with van der Waals surface area (Å²) in [6.07, 6.45) is 0. The van der Waals surface area contributed by atoms with Crippen LogP contribution in [-0.2, 0) is 21.2 Å². The van der Waals surface area contributed by atoms with Crippen molar-refractivity contribution in [1.29, 1.82) is 0 Å². The van der Waals surface area contributed by atoms with Gasteiger partial charge in [-0.05, 0) is 54.8 Å². The van der Waals surface area contributed by atoms with Gasteiger partial charge in [0.15, 0.2) is 9.84 Å². The van der Waals surface area contributed by atoms with Crippen molar-refractivity contribution in [3.05, 3.63) is 65.0 Å². The fourth-order valence-electron chi connectivity index (χ4n) is 4.17. The maximum absolute atomic E-state index is 13.2. The summed E-state index contributed by atoms with van der Waals surface area (Å²) >= 11 is 0. The molecule has 0 spiro atoms. The molecule has 1 amide bonds. The van der Waals surface area contributed by atoms with Crippen LogP contribution in [0.25, 0.3) is 0 Å². The quantitative estimate of drug-likeness (QED) is 0.791. The van der Waals surface area contributed by atoms with Crippen molar-refractivity contribution < 1.29 is 17.6 Å². The molecule has 7 heteroatoms. The summed E-state index contributed by atoms with van der Waals surface area (Å²) in [6, 6.07) is 11.2. The number of rotatable bonds is 3. The Balaban J connectivity index is 1.67. The fourth-order valence-corrected chi connectivity index (χ4v) is 6.15. The third-order valence-electron chi connectivity index (χ3n) is 5.77. The van der Waals surface area contributed by atoms with Crippen molar-refractivity contribution >= 4 is 21.4 Å². The van der Waals surface area contributed by atoms with E-state index in [1.807, 2.05) is 36.9 Å². The monoisotopic (exact) mass is 402 g/mol. The molecule has 28 heavy (non-hydrogen) atoms. The summed E-state index contributed by atoms with van der Waals surface area (Å²) < 4.78 is 38.1. The van der Waals surface area contributed by atoms with Gasteiger partial charge in [0.1, 0.15) is 5.82 Å². The first-order valence-corrected chi connectivity index (χ1v) is 11.1. The number of hydrogen-bond donors (Lipinski definition) is 0. The number of carbonyl (C=O) groups is 1. The van der Waals surface area contributed by atoms with Crippen LogP contribution in [0.15, 0.2) is 42.5 Å². The van der Waals surface area contributed by atoms with Gasteiger partial charge in [-0.15, -0.1) is 0 Å². The lowest BCUT2D eigenvalue weighted by atomic mass is 10.0. The van der Waals surface area contributed by atoms with Crippen LogP contribution >= 0.6 is 0 Å². The minimum atomic E-state index is -3.24. The molecule has 2 heterocycles. The Bertz CT molecular complexity index is 1020. The second kappa shape index (κ2) is 6.97. The van der Waals surface area contributed by atoms with Crippen molar-refractivity contribution in [3.8, 4) is 0 Å². The SMILES string of the molecule is Cc1ccc(N2C(=O)CN(Cc3ccc(F)cc3)[C@@H]3CS(=O)(=O)C[C@@H]32)cc1C. The number of aryl methyl sites for hydroxylation is 2. The van der Waals surface area contributed by atoms with Crippen molar-refractivity contribution in [2.24, 2.45) is 0 Å². The van der Waals surface area contributed by atoms with Gasteiger partial charge in [-0.25, -0.2) is 12.8 Å². The lowest BCUT2D eigenvalue weighted by Crippen LogP contribution is -2.61. The van der Waals surface area contributed by atoms with Gasteiger partial charge in [-0.3, -0.25) is 9.69 Å². The maximum Gasteiger partial charge on any atom is 0.241 e. The van der Waals surface area contributed by atoms with Gasteiger partial charge in [-0.2, -0.15) is 0 Å². The molecule has 0 bridgehead atoms. The highest BCUT2D eigenvalue weighted by atomic mass is 32.2. The van der Waals surface area contributed by atoms with Crippen LogP contribution in [0.4, 0.5) is 10.1 Å². The van der Waals surface area contributed by atoms with Gasteiger partial charge in [0.05, 0.1) is 24.1 Å². The first-order valence-electron chi connectivity index (χ1n) is 9.32. The number of sulfone groups is 1. The Morgan fingerprint density at radius 1 is 1.00 bits per heavy atom. The van der Waals surface area contributed by atoms with Crippen molar-refractivity contribution in [2.75, 3.05) is 23.0 Å². The van der Waals surface area contributed by atoms with E-state index in [0.717, 1.165) is 22.4 Å². The highest BCUT2D eigenvalue weighted by molar-refractivity contribution is 7.91. The summed E-state index contributed by atoms with van der Waals surface area (Å²) in [5.74, 6) is -0.423. The standard InChI is InChI=1S/C21H23FN2O3S/c1-14-3-8-18(9-15(14)2)24-20-13-28(26,27)12-19(20)23(11-21(24)25)10-16-4-6-17(22)7-5-16/h3-9,19-20H,10-13H2,1-2H3/t19-,20+/m1/s1. The van der Waals surface area contributed by atoms with Gasteiger partial charge in [0.2, 0.25) is 5.91 Å². The average Bonchev–Trinajstić information content (AvgIpc) is 2.95. The van der Waals surface area contributed by atoms with Crippen molar-refractivity contribution in [2.45, 2.75) is 32.5 Å². The number of nitrogens with zero attached hydrogens (tertiary/aromatic N) is 2. The smallest absolute Gasteiger partial charge is 0.241 e. The number of benzene rings is 2. The van der Waals surface area contributed by atoms with E-state index in [2.05, 4.69) is 0 Å². The summed E-state index contributed by atoms with van der Waals surface area (Å²) in [6.45, 7) is 4.55. The number of amides is 1. The Kier molecular flexibility index (Phi) is 4.75. The van der Waals surface area contributed by atoms with E-state index in [9.17, 15) is 17.6 Å². The van der Waals surface area contributed by atoms with Crippen LogP contribution < -0.4 is 4.90 Å². The molecule has 0 radical (unpaired) electrons. The molecule has 2 atom stereocenters. The van der Waals surface area contributed by atoms with Crippen LogP contribution in [0.2, 0.25) is 0 Å². The molecular formula is C21H23FN2O3S. The summed E-state index contributed by atoms with van der Waals surface area (Å²) in [5.41, 5.74) is 3.80. The Labute approximate surface area is 164 Å². The van der Waals surface area contributed by atoms with Crippen LogP contribution in [0.3, 0.4) is 0 Å². The predicted molar refractivity (Wildman–Crippen MR) is 106 cm³/mol. The minimum absolute atomic E-state index is 0.0315. The molecular weight excluding hydrogens is 379 g/mol. The highest BCUT2D eigenvalue weighted by Gasteiger charge is 2.49. The first-order chi connectivity index (χ1) is 13.2. The highest BCUT2D eigenvalue weighted by Crippen LogP contribution is 2.33. The van der Waals surface area contributed by atoms with E-state index in [1.165, 1.54) is 12.1 Å². The zero-order valence-electron chi connectivity index (χ0n) is 15.9. The van der Waals surface area contributed by atoms with Gasteiger partial charge in [0.25, 0.3) is 0 Å². The normalized spacial score (nSPS) is 24.4. The molecule has 5 nitrogen and oxygen atoms in total. The van der Waals surface area contributed by atoms with Crippen LogP contribution in [0.1, 0.15) is 16.7 Å². The molecule has 2 aliphatic rings. The van der Waals surface area contributed by atoms with Crippen LogP contribution in [0.5, 0.6) is 0 Å². The molecule has 0 N–H and O–H groups in total. The molecule has 148 valence electrons. The molecule has 2 aromatic rings. The first kappa shape index (κ1) is 19.1. The Hall–Kier alpha value is -2.25. The largest absolute Gasteiger partial charge is 0.306 e. The number of piperazine rings is 1. The van der Waals surface area contributed by atoms with Crippen LogP contribution in [0, 0.1) is 19.7 Å². The zero-order chi connectivity index (χ0) is 20.1. The molecule has 0 saturated carbocycles. The van der Waals surface area contributed by atoms with Crippen molar-refractivity contribution in [3.63, 3.8) is 0 Å². The van der Waals surface area contributed by atoms with E-state index in [-0.39, 0.29) is 35.8 Å². The molecule has 4 rings (SSSR count). The topological polar surface area (TPSA) is 57.7 Å².